The van der Waals surface area contributed by atoms with E-state index < -0.39 is 9.85 Å². The third-order valence-corrected chi connectivity index (χ3v) is 4.71. The van der Waals surface area contributed by atoms with Gasteiger partial charge in [0.25, 0.3) is 0 Å². The maximum atomic E-state index is 11.2. The van der Waals surface area contributed by atoms with Crippen molar-refractivity contribution in [2.45, 2.75) is 46.0 Å². The van der Waals surface area contributed by atoms with Gasteiger partial charge in [-0.3, -0.25) is 20.2 Å². The Labute approximate surface area is 156 Å². The summed E-state index contributed by atoms with van der Waals surface area (Å²) in [6, 6.07) is 5.94. The van der Waals surface area contributed by atoms with Crippen molar-refractivity contribution >= 4 is 11.4 Å². The molecule has 27 heavy (non-hydrogen) atoms. The van der Waals surface area contributed by atoms with E-state index in [0.29, 0.717) is 43.2 Å². The van der Waals surface area contributed by atoms with Crippen LogP contribution >= 0.6 is 0 Å². The molecule has 0 amide bonds. The Morgan fingerprint density at radius 1 is 0.741 bits per heavy atom. The van der Waals surface area contributed by atoms with Gasteiger partial charge in [0.05, 0.1) is 9.85 Å². The summed E-state index contributed by atoms with van der Waals surface area (Å²) in [6.07, 6.45) is 2.89. The van der Waals surface area contributed by atoms with Gasteiger partial charge in [-0.25, -0.2) is 0 Å². The van der Waals surface area contributed by atoms with Crippen LogP contribution < -0.4 is 0 Å². The Morgan fingerprint density at radius 3 is 1.44 bits per heavy atom. The minimum absolute atomic E-state index is 0.255. The van der Waals surface area contributed by atoms with Crippen LogP contribution in [0.3, 0.4) is 0 Å². The van der Waals surface area contributed by atoms with Crippen LogP contribution in [0.4, 0.5) is 11.4 Å². The topological polar surface area (TPSA) is 127 Å². The van der Waals surface area contributed by atoms with Gasteiger partial charge in [-0.1, -0.05) is 18.6 Å². The van der Waals surface area contributed by atoms with E-state index in [9.17, 15) is 30.4 Å². The second kappa shape index (κ2) is 8.48. The van der Waals surface area contributed by atoms with Gasteiger partial charge >= 0.3 is 11.4 Å². The van der Waals surface area contributed by atoms with Crippen LogP contribution in [0.2, 0.25) is 0 Å². The Balaban J connectivity index is 2.03. The van der Waals surface area contributed by atoms with Crippen LogP contribution in [-0.4, -0.2) is 20.1 Å². The number of aromatic hydroxyl groups is 2. The summed E-state index contributed by atoms with van der Waals surface area (Å²) >= 11 is 0. The number of rotatable bonds is 8. The Hall–Kier alpha value is -3.16. The van der Waals surface area contributed by atoms with Crippen molar-refractivity contribution in [1.29, 1.82) is 0 Å². The number of hydrogen-bond acceptors (Lipinski definition) is 6. The van der Waals surface area contributed by atoms with Gasteiger partial charge in [-0.05, 0) is 62.8 Å². The first-order valence-corrected chi connectivity index (χ1v) is 8.65. The van der Waals surface area contributed by atoms with Crippen molar-refractivity contribution in [2.75, 3.05) is 0 Å². The van der Waals surface area contributed by atoms with E-state index in [1.807, 2.05) is 0 Å². The van der Waals surface area contributed by atoms with Gasteiger partial charge in [-0.2, -0.15) is 0 Å². The molecule has 0 atom stereocenters. The molecule has 0 aliphatic rings. The van der Waals surface area contributed by atoms with Crippen LogP contribution in [0.1, 0.15) is 41.5 Å². The van der Waals surface area contributed by atoms with Crippen LogP contribution in [0.15, 0.2) is 24.3 Å². The first-order chi connectivity index (χ1) is 12.7. The second-order valence-corrected chi connectivity index (χ2v) is 6.53. The van der Waals surface area contributed by atoms with E-state index in [-0.39, 0.29) is 22.9 Å². The zero-order valence-electron chi connectivity index (χ0n) is 15.3. The number of phenols is 2. The van der Waals surface area contributed by atoms with Gasteiger partial charge in [0.15, 0.2) is 11.5 Å². The molecule has 8 heteroatoms. The first-order valence-electron chi connectivity index (χ1n) is 8.65. The SMILES string of the molecule is Cc1ccc(O)c([N+](=O)[O-])c1CCCCCc1c(C)ccc(O)c1[N+](=O)[O-]. The van der Waals surface area contributed by atoms with E-state index in [1.54, 1.807) is 26.0 Å². The minimum Gasteiger partial charge on any atom is -0.502 e. The highest BCUT2D eigenvalue weighted by Gasteiger charge is 2.22. The van der Waals surface area contributed by atoms with Crippen molar-refractivity contribution in [1.82, 2.24) is 0 Å². The smallest absolute Gasteiger partial charge is 0.314 e. The van der Waals surface area contributed by atoms with Gasteiger partial charge in [0.1, 0.15) is 0 Å². The summed E-state index contributed by atoms with van der Waals surface area (Å²) in [6.45, 7) is 3.53. The molecule has 0 aliphatic heterocycles. The maximum Gasteiger partial charge on any atom is 0.314 e. The molecule has 0 radical (unpaired) electrons. The van der Waals surface area contributed by atoms with Crippen LogP contribution in [-0.2, 0) is 12.8 Å². The van der Waals surface area contributed by atoms with Gasteiger partial charge in [0, 0.05) is 11.1 Å². The Kier molecular flexibility index (Phi) is 6.33. The number of aryl methyl sites for hydroxylation is 2. The standard InChI is InChI=1S/C19H22N2O6/c1-12-8-10-16(22)18(20(24)25)14(12)6-4-3-5-7-15-13(2)9-11-17(23)19(15)21(26)27/h8-11,22-23H,3-7H2,1-2H3. The lowest BCUT2D eigenvalue weighted by Crippen LogP contribution is -2.01. The average Bonchev–Trinajstić information content (AvgIpc) is 2.59. The monoisotopic (exact) mass is 374 g/mol. The molecule has 0 unspecified atom stereocenters. The van der Waals surface area contributed by atoms with E-state index in [2.05, 4.69) is 0 Å². The summed E-state index contributed by atoms with van der Waals surface area (Å²) in [5.41, 5.74) is 2.01. The summed E-state index contributed by atoms with van der Waals surface area (Å²) in [7, 11) is 0. The predicted octanol–water partition coefficient (Wildman–Crippen LogP) is 4.49. The highest BCUT2D eigenvalue weighted by Crippen LogP contribution is 2.35. The van der Waals surface area contributed by atoms with Crippen LogP contribution in [0.5, 0.6) is 11.5 Å². The zero-order chi connectivity index (χ0) is 20.1. The molecule has 144 valence electrons. The van der Waals surface area contributed by atoms with Gasteiger partial charge in [0.2, 0.25) is 0 Å². The number of phenolic OH excluding ortho intramolecular Hbond substituents is 2. The summed E-state index contributed by atoms with van der Waals surface area (Å²) in [5.74, 6) is -0.682. The minimum atomic E-state index is -0.572. The molecule has 0 bridgehead atoms. The van der Waals surface area contributed by atoms with Crippen molar-refractivity contribution in [2.24, 2.45) is 0 Å². The summed E-state index contributed by atoms with van der Waals surface area (Å²) < 4.78 is 0. The third-order valence-electron chi connectivity index (χ3n) is 4.71. The van der Waals surface area contributed by atoms with Crippen molar-refractivity contribution < 1.29 is 20.1 Å². The van der Waals surface area contributed by atoms with E-state index in [4.69, 9.17) is 0 Å². The number of nitro benzene ring substituents is 2. The second-order valence-electron chi connectivity index (χ2n) is 6.53. The van der Waals surface area contributed by atoms with Crippen LogP contribution in [0, 0.1) is 34.1 Å². The van der Waals surface area contributed by atoms with Gasteiger partial charge < -0.3 is 10.2 Å². The molecule has 2 rings (SSSR count). The van der Waals surface area contributed by atoms with E-state index >= 15 is 0 Å². The first kappa shape index (κ1) is 20.2. The lowest BCUT2D eigenvalue weighted by Gasteiger charge is -2.10. The molecule has 0 fully saturated rings. The lowest BCUT2D eigenvalue weighted by molar-refractivity contribution is -0.386. The fourth-order valence-electron chi connectivity index (χ4n) is 3.27. The quantitative estimate of drug-likeness (QED) is 0.398. The van der Waals surface area contributed by atoms with Gasteiger partial charge in [-0.15, -0.1) is 0 Å². The Bertz CT molecular complexity index is 807. The normalized spacial score (nSPS) is 10.7. The molecular weight excluding hydrogens is 352 g/mol. The summed E-state index contributed by atoms with van der Waals surface area (Å²) in [5, 5.41) is 41.9. The molecular formula is C19H22N2O6. The molecule has 8 nitrogen and oxygen atoms in total. The van der Waals surface area contributed by atoms with Crippen molar-refractivity contribution in [3.8, 4) is 11.5 Å². The third kappa shape index (κ3) is 4.52. The highest BCUT2D eigenvalue weighted by atomic mass is 16.6. The molecule has 0 aromatic heterocycles. The molecule has 0 saturated carbocycles. The number of nitro groups is 2. The molecule has 2 N–H and O–H groups in total. The lowest BCUT2D eigenvalue weighted by atomic mass is 9.96. The number of unbranched alkanes of at least 4 members (excludes halogenated alkanes) is 2. The average molecular weight is 374 g/mol. The van der Waals surface area contributed by atoms with Crippen molar-refractivity contribution in [3.63, 3.8) is 0 Å². The zero-order valence-corrected chi connectivity index (χ0v) is 15.3. The van der Waals surface area contributed by atoms with Crippen LogP contribution in [0.25, 0.3) is 0 Å². The molecule has 0 aliphatic carbocycles. The van der Waals surface area contributed by atoms with E-state index in [1.165, 1.54) is 12.1 Å². The molecule has 0 heterocycles. The van der Waals surface area contributed by atoms with E-state index in [0.717, 1.165) is 11.1 Å². The number of benzene rings is 2. The number of nitrogens with zero attached hydrogens (tertiary/aromatic N) is 2. The fourth-order valence-corrected chi connectivity index (χ4v) is 3.27. The fraction of sp³-hybridized carbons (Fsp3) is 0.368. The highest BCUT2D eigenvalue weighted by molar-refractivity contribution is 5.56. The predicted molar refractivity (Wildman–Crippen MR) is 100 cm³/mol. The number of hydrogen-bond donors (Lipinski definition) is 2. The van der Waals surface area contributed by atoms with Crippen molar-refractivity contribution in [3.05, 3.63) is 66.7 Å². The largest absolute Gasteiger partial charge is 0.502 e. The molecule has 2 aromatic carbocycles. The molecule has 0 spiro atoms. The maximum absolute atomic E-state index is 11.2. The molecule has 2 aromatic rings. The summed E-state index contributed by atoms with van der Waals surface area (Å²) in [4.78, 5) is 21.3. The Morgan fingerprint density at radius 2 is 1.11 bits per heavy atom. The molecule has 0 saturated heterocycles.